The summed E-state index contributed by atoms with van der Waals surface area (Å²) < 4.78 is 0. The van der Waals surface area contributed by atoms with E-state index in [1.165, 1.54) is 76.8 Å². The SMILES string of the molecule is c1ccc2cc(-c3ccc(-c4ccc5c(c4)-c4cc6ccccc6c6cccc-5c46)cc3)ccc2c1. The van der Waals surface area contributed by atoms with E-state index >= 15 is 0 Å². The first-order valence-electron chi connectivity index (χ1n) is 12.5. The zero-order valence-corrected chi connectivity index (χ0v) is 19.7. The van der Waals surface area contributed by atoms with E-state index in [0.717, 1.165) is 0 Å². The van der Waals surface area contributed by atoms with Gasteiger partial charge in [-0.05, 0) is 95.0 Å². The van der Waals surface area contributed by atoms with Gasteiger partial charge in [-0.15, -0.1) is 0 Å². The van der Waals surface area contributed by atoms with Crippen LogP contribution in [-0.2, 0) is 0 Å². The lowest BCUT2D eigenvalue weighted by atomic mass is 9.94. The number of hydrogen-bond acceptors (Lipinski definition) is 0. The molecule has 8 rings (SSSR count). The minimum Gasteiger partial charge on any atom is -0.0616 e. The van der Waals surface area contributed by atoms with Gasteiger partial charge in [-0.2, -0.15) is 0 Å². The summed E-state index contributed by atoms with van der Waals surface area (Å²) in [5.74, 6) is 0. The molecule has 0 atom stereocenters. The Balaban J connectivity index is 1.23. The molecular weight excluding hydrogens is 432 g/mol. The zero-order valence-electron chi connectivity index (χ0n) is 19.7. The molecule has 0 radical (unpaired) electrons. The summed E-state index contributed by atoms with van der Waals surface area (Å²) in [5, 5.41) is 7.91. The minimum absolute atomic E-state index is 1.24. The summed E-state index contributed by atoms with van der Waals surface area (Å²) in [7, 11) is 0. The van der Waals surface area contributed by atoms with Gasteiger partial charge < -0.3 is 0 Å². The molecule has 0 spiro atoms. The summed E-state index contributed by atoms with van der Waals surface area (Å²) in [6.45, 7) is 0. The molecule has 0 aromatic heterocycles. The lowest BCUT2D eigenvalue weighted by molar-refractivity contribution is 1.60. The zero-order chi connectivity index (χ0) is 23.6. The van der Waals surface area contributed by atoms with E-state index < -0.39 is 0 Å². The first-order valence-corrected chi connectivity index (χ1v) is 12.5. The Kier molecular flexibility index (Phi) is 4.03. The topological polar surface area (TPSA) is 0 Å². The molecule has 0 heterocycles. The van der Waals surface area contributed by atoms with Gasteiger partial charge in [0, 0.05) is 0 Å². The van der Waals surface area contributed by atoms with E-state index in [1.54, 1.807) is 0 Å². The predicted molar refractivity (Wildman–Crippen MR) is 154 cm³/mol. The number of rotatable bonds is 2. The second kappa shape index (κ2) is 7.41. The molecule has 7 aromatic carbocycles. The molecule has 0 amide bonds. The highest BCUT2D eigenvalue weighted by molar-refractivity contribution is 6.23. The van der Waals surface area contributed by atoms with Gasteiger partial charge in [0.15, 0.2) is 0 Å². The number of hydrogen-bond donors (Lipinski definition) is 0. The summed E-state index contributed by atoms with van der Waals surface area (Å²) in [6, 6.07) is 49.0. The molecule has 166 valence electrons. The van der Waals surface area contributed by atoms with E-state index in [1.807, 2.05) is 0 Å². The van der Waals surface area contributed by atoms with Gasteiger partial charge in [0.1, 0.15) is 0 Å². The van der Waals surface area contributed by atoms with Crippen molar-refractivity contribution in [1.82, 2.24) is 0 Å². The lowest BCUT2D eigenvalue weighted by Gasteiger charge is -2.09. The monoisotopic (exact) mass is 454 g/mol. The van der Waals surface area contributed by atoms with E-state index in [4.69, 9.17) is 0 Å². The van der Waals surface area contributed by atoms with Crippen molar-refractivity contribution in [2.45, 2.75) is 0 Å². The smallest absolute Gasteiger partial charge is 0.00199 e. The maximum absolute atomic E-state index is 2.38. The van der Waals surface area contributed by atoms with Crippen molar-refractivity contribution < 1.29 is 0 Å². The van der Waals surface area contributed by atoms with Gasteiger partial charge in [0.2, 0.25) is 0 Å². The summed E-state index contributed by atoms with van der Waals surface area (Å²) in [5.41, 5.74) is 10.4. The molecule has 0 aliphatic heterocycles. The van der Waals surface area contributed by atoms with Crippen LogP contribution in [0.5, 0.6) is 0 Å². The molecule has 0 nitrogen and oxygen atoms in total. The number of benzene rings is 7. The van der Waals surface area contributed by atoms with Crippen molar-refractivity contribution in [3.8, 4) is 44.5 Å². The Morgan fingerprint density at radius 2 is 0.917 bits per heavy atom. The van der Waals surface area contributed by atoms with E-state index in [0.29, 0.717) is 0 Å². The highest BCUT2D eigenvalue weighted by atomic mass is 14.3. The summed E-state index contributed by atoms with van der Waals surface area (Å²) in [6.07, 6.45) is 0. The predicted octanol–water partition coefficient (Wildman–Crippen LogP) is 10.1. The molecule has 1 aliphatic carbocycles. The van der Waals surface area contributed by atoms with Crippen LogP contribution in [-0.4, -0.2) is 0 Å². The first-order chi connectivity index (χ1) is 17.8. The fourth-order valence-corrected chi connectivity index (χ4v) is 6.01. The maximum Gasteiger partial charge on any atom is -0.00199 e. The van der Waals surface area contributed by atoms with Crippen molar-refractivity contribution in [3.63, 3.8) is 0 Å². The minimum atomic E-state index is 1.24. The molecule has 0 N–H and O–H groups in total. The van der Waals surface area contributed by atoms with Crippen LogP contribution in [0.1, 0.15) is 0 Å². The van der Waals surface area contributed by atoms with Crippen LogP contribution in [0.15, 0.2) is 133 Å². The van der Waals surface area contributed by atoms with Crippen LogP contribution in [0.3, 0.4) is 0 Å². The van der Waals surface area contributed by atoms with Crippen LogP contribution >= 0.6 is 0 Å². The van der Waals surface area contributed by atoms with Crippen molar-refractivity contribution in [2.75, 3.05) is 0 Å². The standard InChI is InChI=1S/C36H22/c1-2-7-26-20-27(17-16-23(26)6-1)24-12-14-25(15-13-24)28-18-19-31-33-11-5-10-32-30-9-4-3-8-29(30)22-35(36(32)33)34(31)21-28/h1-22H. The third-order valence-corrected chi connectivity index (χ3v) is 7.79. The van der Waals surface area contributed by atoms with Crippen molar-refractivity contribution in [3.05, 3.63) is 133 Å². The maximum atomic E-state index is 2.38. The molecule has 36 heavy (non-hydrogen) atoms. The molecule has 7 aromatic rings. The van der Waals surface area contributed by atoms with Crippen LogP contribution in [0.25, 0.3) is 76.8 Å². The first kappa shape index (κ1) is 19.6. The average Bonchev–Trinajstić information content (AvgIpc) is 3.27. The number of fused-ring (bicyclic) bond motifs is 6. The highest BCUT2D eigenvalue weighted by Crippen LogP contribution is 2.50. The van der Waals surface area contributed by atoms with Gasteiger partial charge in [-0.1, -0.05) is 115 Å². The van der Waals surface area contributed by atoms with Crippen LogP contribution in [0.4, 0.5) is 0 Å². The van der Waals surface area contributed by atoms with Gasteiger partial charge in [-0.25, -0.2) is 0 Å². The van der Waals surface area contributed by atoms with Gasteiger partial charge in [0.05, 0.1) is 0 Å². The Labute approximate surface area is 210 Å². The van der Waals surface area contributed by atoms with E-state index in [-0.39, 0.29) is 0 Å². The molecule has 0 unspecified atom stereocenters. The molecule has 0 bridgehead atoms. The van der Waals surface area contributed by atoms with Crippen molar-refractivity contribution in [2.24, 2.45) is 0 Å². The lowest BCUT2D eigenvalue weighted by Crippen LogP contribution is -1.83. The van der Waals surface area contributed by atoms with Crippen LogP contribution in [0, 0.1) is 0 Å². The Bertz CT molecular complexity index is 1970. The third-order valence-electron chi connectivity index (χ3n) is 7.79. The highest BCUT2D eigenvalue weighted by Gasteiger charge is 2.23. The largest absolute Gasteiger partial charge is 0.0616 e. The van der Waals surface area contributed by atoms with Crippen LogP contribution < -0.4 is 0 Å². The van der Waals surface area contributed by atoms with Gasteiger partial charge in [-0.3, -0.25) is 0 Å². The van der Waals surface area contributed by atoms with Crippen molar-refractivity contribution in [1.29, 1.82) is 0 Å². The van der Waals surface area contributed by atoms with Crippen molar-refractivity contribution >= 4 is 32.3 Å². The summed E-state index contributed by atoms with van der Waals surface area (Å²) >= 11 is 0. The second-order valence-corrected chi connectivity index (χ2v) is 9.77. The fourth-order valence-electron chi connectivity index (χ4n) is 6.01. The Morgan fingerprint density at radius 3 is 1.75 bits per heavy atom. The Hall–Kier alpha value is -4.68. The normalized spacial score (nSPS) is 11.9. The van der Waals surface area contributed by atoms with E-state index in [9.17, 15) is 0 Å². The fraction of sp³-hybridized carbons (Fsp3) is 0. The summed E-state index contributed by atoms with van der Waals surface area (Å²) in [4.78, 5) is 0. The molecule has 0 saturated carbocycles. The van der Waals surface area contributed by atoms with E-state index in [2.05, 4.69) is 133 Å². The molecule has 0 saturated heterocycles. The average molecular weight is 455 g/mol. The second-order valence-electron chi connectivity index (χ2n) is 9.77. The van der Waals surface area contributed by atoms with Gasteiger partial charge >= 0.3 is 0 Å². The quantitative estimate of drug-likeness (QED) is 0.228. The van der Waals surface area contributed by atoms with Gasteiger partial charge in [0.25, 0.3) is 0 Å². The molecule has 0 fully saturated rings. The van der Waals surface area contributed by atoms with Crippen LogP contribution in [0.2, 0.25) is 0 Å². The molecular formula is C36H22. The molecule has 1 aliphatic rings. The third kappa shape index (κ3) is 2.82. The molecule has 0 heteroatoms. The Morgan fingerprint density at radius 1 is 0.278 bits per heavy atom.